The first-order chi connectivity index (χ1) is 11.2. The van der Waals surface area contributed by atoms with Gasteiger partial charge in [-0.05, 0) is 37.3 Å². The van der Waals surface area contributed by atoms with Crippen molar-refractivity contribution in [1.82, 2.24) is 5.32 Å². The molecule has 1 amide bonds. The van der Waals surface area contributed by atoms with Crippen LogP contribution in [0.4, 0.5) is 0 Å². The Hall–Kier alpha value is -2.14. The van der Waals surface area contributed by atoms with Gasteiger partial charge in [0, 0.05) is 22.8 Å². The second-order valence-corrected chi connectivity index (χ2v) is 5.88. The van der Waals surface area contributed by atoms with E-state index in [2.05, 4.69) is 17.4 Å². The van der Waals surface area contributed by atoms with Crippen LogP contribution in [-0.2, 0) is 0 Å². The van der Waals surface area contributed by atoms with Crippen LogP contribution in [0.15, 0.2) is 53.4 Å². The third-order valence-electron chi connectivity index (χ3n) is 3.13. The summed E-state index contributed by atoms with van der Waals surface area (Å²) in [6.07, 6.45) is 0. The Balaban J connectivity index is 1.86. The second-order valence-electron chi connectivity index (χ2n) is 4.72. The number of ether oxygens (including phenoxy) is 2. The molecule has 0 aromatic heterocycles. The highest BCUT2D eigenvalue weighted by Gasteiger charge is 2.10. The summed E-state index contributed by atoms with van der Waals surface area (Å²) in [5.41, 5.74) is 0.568. The Morgan fingerprint density at radius 1 is 1.13 bits per heavy atom. The maximum absolute atomic E-state index is 12.2. The van der Waals surface area contributed by atoms with Gasteiger partial charge in [-0.2, -0.15) is 0 Å². The minimum atomic E-state index is -0.109. The van der Waals surface area contributed by atoms with Crippen LogP contribution >= 0.6 is 11.8 Å². The molecule has 0 atom stereocenters. The maximum atomic E-state index is 12.2. The lowest BCUT2D eigenvalue weighted by Crippen LogP contribution is -2.25. The van der Waals surface area contributed by atoms with Crippen LogP contribution in [0.1, 0.15) is 17.3 Å². The number of carbonyl (C=O) groups is 1. The SMILES string of the molecule is CCOc1cc(C(=O)NCCSc2ccccc2)ccc1OC. The van der Waals surface area contributed by atoms with Crippen LogP contribution in [0.25, 0.3) is 0 Å². The highest BCUT2D eigenvalue weighted by molar-refractivity contribution is 7.99. The summed E-state index contributed by atoms with van der Waals surface area (Å²) >= 11 is 1.72. The molecule has 0 saturated carbocycles. The van der Waals surface area contributed by atoms with Crippen LogP contribution < -0.4 is 14.8 Å². The van der Waals surface area contributed by atoms with Gasteiger partial charge in [0.15, 0.2) is 11.5 Å². The van der Waals surface area contributed by atoms with Crippen molar-refractivity contribution in [2.75, 3.05) is 26.0 Å². The van der Waals surface area contributed by atoms with Crippen molar-refractivity contribution in [1.29, 1.82) is 0 Å². The molecule has 2 aromatic carbocycles. The summed E-state index contributed by atoms with van der Waals surface area (Å²) in [5.74, 6) is 1.93. The maximum Gasteiger partial charge on any atom is 0.251 e. The molecule has 23 heavy (non-hydrogen) atoms. The number of hydrogen-bond acceptors (Lipinski definition) is 4. The molecule has 0 aliphatic carbocycles. The molecule has 5 heteroatoms. The molecule has 0 spiro atoms. The highest BCUT2D eigenvalue weighted by atomic mass is 32.2. The van der Waals surface area contributed by atoms with Gasteiger partial charge < -0.3 is 14.8 Å². The summed E-state index contributed by atoms with van der Waals surface area (Å²) in [5, 5.41) is 2.92. The van der Waals surface area contributed by atoms with Crippen molar-refractivity contribution in [2.24, 2.45) is 0 Å². The second kappa shape index (κ2) is 9.10. The fourth-order valence-corrected chi connectivity index (χ4v) is 2.83. The van der Waals surface area contributed by atoms with Crippen LogP contribution in [0.3, 0.4) is 0 Å². The zero-order valence-corrected chi connectivity index (χ0v) is 14.2. The van der Waals surface area contributed by atoms with Crippen LogP contribution in [0, 0.1) is 0 Å². The first-order valence-electron chi connectivity index (χ1n) is 7.51. The van der Waals surface area contributed by atoms with Crippen molar-refractivity contribution in [3.8, 4) is 11.5 Å². The van der Waals surface area contributed by atoms with E-state index in [9.17, 15) is 4.79 Å². The average Bonchev–Trinajstić information content (AvgIpc) is 2.59. The molecule has 0 aliphatic heterocycles. The molecule has 1 N–H and O–H groups in total. The van der Waals surface area contributed by atoms with Gasteiger partial charge >= 0.3 is 0 Å². The Morgan fingerprint density at radius 3 is 2.61 bits per heavy atom. The molecule has 0 fully saturated rings. The number of methoxy groups -OCH3 is 1. The number of hydrogen-bond donors (Lipinski definition) is 1. The standard InChI is InChI=1S/C18H21NO3S/c1-3-22-17-13-14(9-10-16(17)21-2)18(20)19-11-12-23-15-7-5-4-6-8-15/h4-10,13H,3,11-12H2,1-2H3,(H,19,20). The smallest absolute Gasteiger partial charge is 0.251 e. The largest absolute Gasteiger partial charge is 0.493 e. The van der Waals surface area contributed by atoms with Gasteiger partial charge in [-0.15, -0.1) is 11.8 Å². The summed E-state index contributed by atoms with van der Waals surface area (Å²) in [6.45, 7) is 3.02. The van der Waals surface area contributed by atoms with Crippen molar-refractivity contribution in [3.63, 3.8) is 0 Å². The molecule has 0 unspecified atom stereocenters. The van der Waals surface area contributed by atoms with E-state index in [1.165, 1.54) is 4.90 Å². The topological polar surface area (TPSA) is 47.6 Å². The highest BCUT2D eigenvalue weighted by Crippen LogP contribution is 2.28. The normalized spacial score (nSPS) is 10.2. The van der Waals surface area contributed by atoms with E-state index in [1.54, 1.807) is 37.1 Å². The molecule has 0 aliphatic rings. The lowest BCUT2D eigenvalue weighted by Gasteiger charge is -2.11. The van der Waals surface area contributed by atoms with Crippen LogP contribution in [-0.4, -0.2) is 31.9 Å². The van der Waals surface area contributed by atoms with Gasteiger partial charge in [0.1, 0.15) is 0 Å². The lowest BCUT2D eigenvalue weighted by atomic mass is 10.2. The van der Waals surface area contributed by atoms with Crippen LogP contribution in [0.2, 0.25) is 0 Å². The minimum absolute atomic E-state index is 0.109. The van der Waals surface area contributed by atoms with Gasteiger partial charge in [-0.1, -0.05) is 18.2 Å². The zero-order valence-electron chi connectivity index (χ0n) is 13.4. The molecular formula is C18H21NO3S. The van der Waals surface area contributed by atoms with E-state index in [-0.39, 0.29) is 5.91 Å². The molecule has 4 nitrogen and oxygen atoms in total. The van der Waals surface area contributed by atoms with Gasteiger partial charge in [-0.3, -0.25) is 4.79 Å². The van der Waals surface area contributed by atoms with E-state index in [0.717, 1.165) is 5.75 Å². The quantitative estimate of drug-likeness (QED) is 0.593. The minimum Gasteiger partial charge on any atom is -0.493 e. The van der Waals surface area contributed by atoms with Crippen molar-refractivity contribution >= 4 is 17.7 Å². The zero-order chi connectivity index (χ0) is 16.5. The molecule has 0 saturated heterocycles. The van der Waals surface area contributed by atoms with Gasteiger partial charge in [0.25, 0.3) is 5.91 Å². The van der Waals surface area contributed by atoms with Gasteiger partial charge in [0.2, 0.25) is 0 Å². The number of carbonyl (C=O) groups excluding carboxylic acids is 1. The number of benzene rings is 2. The molecule has 0 bridgehead atoms. The molecule has 2 aromatic rings. The summed E-state index contributed by atoms with van der Waals surface area (Å²) in [4.78, 5) is 13.4. The molecular weight excluding hydrogens is 310 g/mol. The van der Waals surface area contributed by atoms with Crippen molar-refractivity contribution in [3.05, 3.63) is 54.1 Å². The van der Waals surface area contributed by atoms with Crippen LogP contribution in [0.5, 0.6) is 11.5 Å². The van der Waals surface area contributed by atoms with E-state index in [0.29, 0.717) is 30.2 Å². The number of amides is 1. The fraction of sp³-hybridized carbons (Fsp3) is 0.278. The first kappa shape index (κ1) is 17.2. The first-order valence-corrected chi connectivity index (χ1v) is 8.50. The van der Waals surface area contributed by atoms with E-state index < -0.39 is 0 Å². The molecule has 122 valence electrons. The van der Waals surface area contributed by atoms with E-state index in [4.69, 9.17) is 9.47 Å². The number of rotatable bonds is 8. The number of thioether (sulfide) groups is 1. The van der Waals surface area contributed by atoms with Gasteiger partial charge in [-0.25, -0.2) is 0 Å². The lowest BCUT2D eigenvalue weighted by molar-refractivity contribution is 0.0955. The van der Waals surface area contributed by atoms with Gasteiger partial charge in [0.05, 0.1) is 13.7 Å². The molecule has 0 radical (unpaired) electrons. The summed E-state index contributed by atoms with van der Waals surface area (Å²) < 4.78 is 10.7. The predicted octanol–water partition coefficient (Wildman–Crippen LogP) is 3.62. The monoisotopic (exact) mass is 331 g/mol. The predicted molar refractivity (Wildman–Crippen MR) is 93.7 cm³/mol. The van der Waals surface area contributed by atoms with E-state index in [1.807, 2.05) is 25.1 Å². The molecule has 0 heterocycles. The van der Waals surface area contributed by atoms with E-state index >= 15 is 0 Å². The van der Waals surface area contributed by atoms with Crippen molar-refractivity contribution in [2.45, 2.75) is 11.8 Å². The Morgan fingerprint density at radius 2 is 1.91 bits per heavy atom. The third kappa shape index (κ3) is 5.21. The molecule has 2 rings (SSSR count). The number of nitrogens with one attached hydrogen (secondary N) is 1. The Kier molecular flexibility index (Phi) is 6.81. The third-order valence-corrected chi connectivity index (χ3v) is 4.14. The summed E-state index contributed by atoms with van der Waals surface area (Å²) in [6, 6.07) is 15.3. The average molecular weight is 331 g/mol. The van der Waals surface area contributed by atoms with Crippen molar-refractivity contribution < 1.29 is 14.3 Å². The fourth-order valence-electron chi connectivity index (χ4n) is 2.04. The Labute approximate surface area is 141 Å². The summed E-state index contributed by atoms with van der Waals surface area (Å²) in [7, 11) is 1.58. The Bertz CT molecular complexity index is 631.